The van der Waals surface area contributed by atoms with Gasteiger partial charge in [0, 0.05) is 12.6 Å². The third-order valence-electron chi connectivity index (χ3n) is 3.82. The minimum atomic E-state index is -0.120. The highest BCUT2D eigenvalue weighted by Crippen LogP contribution is 2.26. The SMILES string of the molecule is CCNC(CC1CCCCO1)c1ccc(C)c(F)c1. The number of hydrogen-bond donors (Lipinski definition) is 1. The van der Waals surface area contributed by atoms with Crippen molar-refractivity contribution in [2.45, 2.75) is 51.7 Å². The molecule has 1 aromatic carbocycles. The fraction of sp³-hybridized carbons (Fsp3) is 0.625. The molecule has 0 aliphatic carbocycles. The fourth-order valence-electron chi connectivity index (χ4n) is 2.67. The summed E-state index contributed by atoms with van der Waals surface area (Å²) in [6, 6.07) is 5.72. The summed E-state index contributed by atoms with van der Waals surface area (Å²) in [6.07, 6.45) is 4.77. The molecule has 0 aromatic heterocycles. The summed E-state index contributed by atoms with van der Waals surface area (Å²) in [5, 5.41) is 3.45. The van der Waals surface area contributed by atoms with E-state index in [9.17, 15) is 4.39 Å². The molecule has 1 aliphatic heterocycles. The first-order valence-electron chi connectivity index (χ1n) is 7.31. The molecule has 0 spiro atoms. The molecule has 0 bridgehead atoms. The van der Waals surface area contributed by atoms with Gasteiger partial charge in [-0.05, 0) is 56.3 Å². The predicted molar refractivity (Wildman–Crippen MR) is 75.8 cm³/mol. The number of halogens is 1. The van der Waals surface area contributed by atoms with Crippen molar-refractivity contribution in [1.82, 2.24) is 5.32 Å². The summed E-state index contributed by atoms with van der Waals surface area (Å²) in [4.78, 5) is 0. The highest BCUT2D eigenvalue weighted by molar-refractivity contribution is 5.26. The van der Waals surface area contributed by atoms with E-state index in [1.165, 1.54) is 12.8 Å². The molecule has 1 saturated heterocycles. The van der Waals surface area contributed by atoms with Gasteiger partial charge in [-0.15, -0.1) is 0 Å². The first-order chi connectivity index (χ1) is 9.20. The third kappa shape index (κ3) is 4.02. The fourth-order valence-corrected chi connectivity index (χ4v) is 2.67. The van der Waals surface area contributed by atoms with Crippen LogP contribution in [0, 0.1) is 12.7 Å². The van der Waals surface area contributed by atoms with Gasteiger partial charge in [0.05, 0.1) is 6.10 Å². The maximum absolute atomic E-state index is 13.7. The van der Waals surface area contributed by atoms with E-state index in [2.05, 4.69) is 12.2 Å². The largest absolute Gasteiger partial charge is 0.378 e. The Balaban J connectivity index is 2.07. The quantitative estimate of drug-likeness (QED) is 0.875. The molecule has 2 unspecified atom stereocenters. The summed E-state index contributed by atoms with van der Waals surface area (Å²) in [7, 11) is 0. The second-order valence-corrected chi connectivity index (χ2v) is 5.34. The van der Waals surface area contributed by atoms with E-state index < -0.39 is 0 Å². The smallest absolute Gasteiger partial charge is 0.126 e. The van der Waals surface area contributed by atoms with Gasteiger partial charge in [-0.25, -0.2) is 4.39 Å². The first kappa shape index (κ1) is 14.5. The van der Waals surface area contributed by atoms with Gasteiger partial charge < -0.3 is 10.1 Å². The van der Waals surface area contributed by atoms with Crippen molar-refractivity contribution >= 4 is 0 Å². The lowest BCUT2D eigenvalue weighted by molar-refractivity contribution is 0.00512. The number of aryl methyl sites for hydroxylation is 1. The van der Waals surface area contributed by atoms with Gasteiger partial charge in [0.1, 0.15) is 5.82 Å². The van der Waals surface area contributed by atoms with Gasteiger partial charge in [-0.2, -0.15) is 0 Å². The van der Waals surface area contributed by atoms with Crippen molar-refractivity contribution in [1.29, 1.82) is 0 Å². The van der Waals surface area contributed by atoms with E-state index in [0.717, 1.165) is 31.6 Å². The number of hydrogen-bond acceptors (Lipinski definition) is 2. The number of ether oxygens (including phenoxy) is 1. The summed E-state index contributed by atoms with van der Waals surface area (Å²) >= 11 is 0. The van der Waals surface area contributed by atoms with Crippen LogP contribution in [0.25, 0.3) is 0 Å². The second kappa shape index (κ2) is 7.01. The van der Waals surface area contributed by atoms with Gasteiger partial charge in [0.2, 0.25) is 0 Å². The molecule has 19 heavy (non-hydrogen) atoms. The van der Waals surface area contributed by atoms with Crippen LogP contribution in [0.2, 0.25) is 0 Å². The van der Waals surface area contributed by atoms with Crippen LogP contribution in [0.5, 0.6) is 0 Å². The molecule has 1 aliphatic rings. The Labute approximate surface area is 115 Å². The zero-order valence-corrected chi connectivity index (χ0v) is 11.9. The average Bonchev–Trinajstić information content (AvgIpc) is 2.43. The summed E-state index contributed by atoms with van der Waals surface area (Å²) in [5.74, 6) is -0.120. The molecule has 2 nitrogen and oxygen atoms in total. The van der Waals surface area contributed by atoms with E-state index in [0.29, 0.717) is 11.7 Å². The van der Waals surface area contributed by atoms with Crippen molar-refractivity contribution in [2.24, 2.45) is 0 Å². The summed E-state index contributed by atoms with van der Waals surface area (Å²) in [6.45, 7) is 5.63. The van der Waals surface area contributed by atoms with Crippen LogP contribution >= 0.6 is 0 Å². The molecular weight excluding hydrogens is 241 g/mol. The van der Waals surface area contributed by atoms with Gasteiger partial charge >= 0.3 is 0 Å². The lowest BCUT2D eigenvalue weighted by atomic mass is 9.96. The zero-order valence-electron chi connectivity index (χ0n) is 11.9. The molecule has 106 valence electrons. The molecule has 2 rings (SSSR count). The van der Waals surface area contributed by atoms with Crippen LogP contribution in [0.3, 0.4) is 0 Å². The van der Waals surface area contributed by atoms with E-state index in [4.69, 9.17) is 4.74 Å². The maximum atomic E-state index is 13.7. The number of benzene rings is 1. The highest BCUT2D eigenvalue weighted by atomic mass is 19.1. The Kier molecular flexibility index (Phi) is 5.34. The Morgan fingerprint density at radius 3 is 2.89 bits per heavy atom. The van der Waals surface area contributed by atoms with E-state index >= 15 is 0 Å². The van der Waals surface area contributed by atoms with Crippen LogP contribution in [0.15, 0.2) is 18.2 Å². The van der Waals surface area contributed by atoms with Crippen molar-refractivity contribution in [3.05, 3.63) is 35.1 Å². The summed E-state index contributed by atoms with van der Waals surface area (Å²) < 4.78 is 19.5. The van der Waals surface area contributed by atoms with Crippen LogP contribution in [0.1, 0.15) is 49.8 Å². The zero-order chi connectivity index (χ0) is 13.7. The van der Waals surface area contributed by atoms with Gasteiger partial charge in [-0.1, -0.05) is 19.1 Å². The Morgan fingerprint density at radius 1 is 1.42 bits per heavy atom. The van der Waals surface area contributed by atoms with E-state index in [1.54, 1.807) is 13.0 Å². The third-order valence-corrected chi connectivity index (χ3v) is 3.82. The molecular formula is C16H24FNO. The minimum absolute atomic E-state index is 0.120. The molecule has 0 amide bonds. The van der Waals surface area contributed by atoms with Crippen molar-refractivity contribution in [2.75, 3.05) is 13.2 Å². The van der Waals surface area contributed by atoms with Crippen LogP contribution in [0.4, 0.5) is 4.39 Å². The average molecular weight is 265 g/mol. The highest BCUT2D eigenvalue weighted by Gasteiger charge is 2.20. The van der Waals surface area contributed by atoms with Gasteiger partial charge in [0.15, 0.2) is 0 Å². The standard InChI is InChI=1S/C16H24FNO/c1-3-18-16(11-14-6-4-5-9-19-14)13-8-7-12(2)15(17)10-13/h7-8,10,14,16,18H,3-6,9,11H2,1-2H3. The minimum Gasteiger partial charge on any atom is -0.378 e. The van der Waals surface area contributed by atoms with Crippen LogP contribution in [-0.2, 0) is 4.74 Å². The van der Waals surface area contributed by atoms with Crippen molar-refractivity contribution in [3.63, 3.8) is 0 Å². The molecule has 1 heterocycles. The van der Waals surface area contributed by atoms with E-state index in [1.807, 2.05) is 12.1 Å². The topological polar surface area (TPSA) is 21.3 Å². The number of rotatable bonds is 5. The van der Waals surface area contributed by atoms with Gasteiger partial charge in [-0.3, -0.25) is 0 Å². The lowest BCUT2D eigenvalue weighted by Gasteiger charge is -2.28. The Hall–Kier alpha value is -0.930. The van der Waals surface area contributed by atoms with Crippen molar-refractivity contribution < 1.29 is 9.13 Å². The normalized spacial score (nSPS) is 21.3. The molecule has 3 heteroatoms. The first-order valence-corrected chi connectivity index (χ1v) is 7.31. The molecule has 0 saturated carbocycles. The Bertz CT molecular complexity index is 402. The van der Waals surface area contributed by atoms with Crippen LogP contribution < -0.4 is 5.32 Å². The summed E-state index contributed by atoms with van der Waals surface area (Å²) in [5.41, 5.74) is 1.73. The second-order valence-electron chi connectivity index (χ2n) is 5.34. The van der Waals surface area contributed by atoms with Gasteiger partial charge in [0.25, 0.3) is 0 Å². The molecule has 1 aromatic rings. The molecule has 1 N–H and O–H groups in total. The maximum Gasteiger partial charge on any atom is 0.126 e. The predicted octanol–water partition coefficient (Wildman–Crippen LogP) is 3.74. The molecule has 1 fully saturated rings. The molecule has 2 atom stereocenters. The van der Waals surface area contributed by atoms with Crippen molar-refractivity contribution in [3.8, 4) is 0 Å². The monoisotopic (exact) mass is 265 g/mol. The van der Waals surface area contributed by atoms with E-state index in [-0.39, 0.29) is 11.9 Å². The molecule has 0 radical (unpaired) electrons. The Morgan fingerprint density at radius 2 is 2.26 bits per heavy atom. The number of nitrogens with one attached hydrogen (secondary N) is 1. The lowest BCUT2D eigenvalue weighted by Crippen LogP contribution is -2.28. The van der Waals surface area contributed by atoms with Crippen LogP contribution in [-0.4, -0.2) is 19.3 Å².